The number of ether oxygens (including phenoxy) is 1. The van der Waals surface area contributed by atoms with Gasteiger partial charge in [0.2, 0.25) is 0 Å². The molecule has 3 rings (SSSR count). The first-order chi connectivity index (χ1) is 9.75. The summed E-state index contributed by atoms with van der Waals surface area (Å²) in [6.07, 6.45) is 3.75. The third kappa shape index (κ3) is 2.02. The van der Waals surface area contributed by atoms with Gasteiger partial charge in [-0.05, 0) is 44.4 Å². The van der Waals surface area contributed by atoms with E-state index in [9.17, 15) is 4.79 Å². The van der Waals surface area contributed by atoms with Crippen molar-refractivity contribution in [2.45, 2.75) is 66.4 Å². The number of hydrogen-bond acceptors (Lipinski definition) is 4. The highest BCUT2D eigenvalue weighted by molar-refractivity contribution is 5.73. The molecule has 2 aliphatic rings. The summed E-state index contributed by atoms with van der Waals surface area (Å²) >= 11 is 0. The van der Waals surface area contributed by atoms with Crippen LogP contribution in [0.15, 0.2) is 4.52 Å². The molecular formula is C17H25NO3. The van der Waals surface area contributed by atoms with Gasteiger partial charge < -0.3 is 9.26 Å². The Labute approximate surface area is 126 Å². The maximum atomic E-state index is 12.3. The average Bonchev–Trinajstić information content (AvgIpc) is 2.89. The molecule has 0 radical (unpaired) electrons. The van der Waals surface area contributed by atoms with Gasteiger partial charge in [-0.1, -0.05) is 25.9 Å². The summed E-state index contributed by atoms with van der Waals surface area (Å²) in [6.45, 7) is 10.6. The summed E-state index contributed by atoms with van der Waals surface area (Å²) in [4.78, 5) is 12.3. The van der Waals surface area contributed by atoms with Crippen molar-refractivity contribution in [2.24, 2.45) is 16.7 Å². The van der Waals surface area contributed by atoms with Gasteiger partial charge in [0.25, 0.3) is 0 Å². The van der Waals surface area contributed by atoms with Crippen molar-refractivity contribution in [3.8, 4) is 0 Å². The summed E-state index contributed by atoms with van der Waals surface area (Å²) < 4.78 is 11.0. The van der Waals surface area contributed by atoms with E-state index >= 15 is 0 Å². The van der Waals surface area contributed by atoms with E-state index in [4.69, 9.17) is 9.26 Å². The van der Waals surface area contributed by atoms with E-state index in [0.29, 0.717) is 11.7 Å². The predicted octanol–water partition coefficient (Wildman–Crippen LogP) is 3.59. The molecule has 4 heteroatoms. The Balaban J connectivity index is 1.70. The molecule has 2 bridgehead atoms. The van der Waals surface area contributed by atoms with Gasteiger partial charge in [-0.2, -0.15) is 0 Å². The van der Waals surface area contributed by atoms with Gasteiger partial charge in [0, 0.05) is 11.0 Å². The number of rotatable bonds is 3. The van der Waals surface area contributed by atoms with Crippen molar-refractivity contribution < 1.29 is 14.1 Å². The van der Waals surface area contributed by atoms with E-state index in [2.05, 4.69) is 25.9 Å². The van der Waals surface area contributed by atoms with Crippen LogP contribution in [-0.2, 0) is 16.0 Å². The Bertz CT molecular complexity index is 555. The average molecular weight is 291 g/mol. The lowest BCUT2D eigenvalue weighted by Crippen LogP contribution is -2.38. The highest BCUT2D eigenvalue weighted by Gasteiger charge is 2.62. The molecule has 4 nitrogen and oxygen atoms in total. The van der Waals surface area contributed by atoms with Crippen LogP contribution < -0.4 is 0 Å². The minimum Gasteiger partial charge on any atom is -0.462 e. The van der Waals surface area contributed by atoms with Crippen LogP contribution in [0.4, 0.5) is 0 Å². The zero-order chi connectivity index (χ0) is 15.4. The first-order valence-corrected chi connectivity index (χ1v) is 7.87. The van der Waals surface area contributed by atoms with Gasteiger partial charge in [-0.15, -0.1) is 0 Å². The molecule has 1 aromatic heterocycles. The number of aromatic nitrogens is 1. The molecule has 0 saturated heterocycles. The van der Waals surface area contributed by atoms with Crippen LogP contribution >= 0.6 is 0 Å². The van der Waals surface area contributed by atoms with Crippen molar-refractivity contribution in [1.29, 1.82) is 0 Å². The molecular weight excluding hydrogens is 266 g/mol. The zero-order valence-corrected chi connectivity index (χ0v) is 13.7. The van der Waals surface area contributed by atoms with Crippen molar-refractivity contribution >= 4 is 5.97 Å². The Morgan fingerprint density at radius 1 is 1.38 bits per heavy atom. The standard InChI is InChI=1S/C17H25NO3/c1-10-13(11(2)21-18-10)9-15(19)20-14-8-12-6-7-17(14,5)16(12,3)4/h12,14H,6-9H2,1-5H3. The molecule has 1 aromatic rings. The molecule has 0 amide bonds. The number of carbonyl (C=O) groups excluding carboxylic acids is 1. The number of nitrogens with zero attached hydrogens (tertiary/aromatic N) is 1. The summed E-state index contributed by atoms with van der Waals surface area (Å²) in [5, 5.41) is 3.89. The Morgan fingerprint density at radius 2 is 2.10 bits per heavy atom. The van der Waals surface area contributed by atoms with Crippen molar-refractivity contribution in [3.63, 3.8) is 0 Å². The van der Waals surface area contributed by atoms with Gasteiger partial charge in [0.15, 0.2) is 0 Å². The monoisotopic (exact) mass is 291 g/mol. The Hall–Kier alpha value is -1.32. The van der Waals surface area contributed by atoms with Gasteiger partial charge in [-0.25, -0.2) is 0 Å². The fourth-order valence-corrected chi connectivity index (χ4v) is 4.41. The van der Waals surface area contributed by atoms with Crippen molar-refractivity contribution in [3.05, 3.63) is 17.0 Å². The lowest BCUT2D eigenvalue weighted by molar-refractivity contribution is -0.156. The molecule has 2 aliphatic carbocycles. The van der Waals surface area contributed by atoms with Crippen LogP contribution in [0.1, 0.15) is 57.1 Å². The van der Waals surface area contributed by atoms with Crippen LogP contribution in [0.2, 0.25) is 0 Å². The summed E-state index contributed by atoms with van der Waals surface area (Å²) in [7, 11) is 0. The quantitative estimate of drug-likeness (QED) is 0.799. The fraction of sp³-hybridized carbons (Fsp3) is 0.765. The third-order valence-corrected chi connectivity index (χ3v) is 6.49. The second-order valence-corrected chi connectivity index (χ2v) is 7.57. The smallest absolute Gasteiger partial charge is 0.310 e. The van der Waals surface area contributed by atoms with E-state index in [1.54, 1.807) is 0 Å². The number of esters is 1. The molecule has 1 heterocycles. The molecule has 0 spiro atoms. The lowest BCUT2D eigenvalue weighted by Gasteiger charge is -2.38. The fourth-order valence-electron chi connectivity index (χ4n) is 4.41. The largest absolute Gasteiger partial charge is 0.462 e. The van der Waals surface area contributed by atoms with E-state index in [-0.39, 0.29) is 29.3 Å². The summed E-state index contributed by atoms with van der Waals surface area (Å²) in [5.74, 6) is 1.24. The molecule has 116 valence electrons. The molecule has 2 saturated carbocycles. The molecule has 21 heavy (non-hydrogen) atoms. The number of hydrogen-bond donors (Lipinski definition) is 0. The second-order valence-electron chi connectivity index (χ2n) is 7.57. The number of fused-ring (bicyclic) bond motifs is 2. The van der Waals surface area contributed by atoms with Gasteiger partial charge in [0.1, 0.15) is 11.9 Å². The highest BCUT2D eigenvalue weighted by atomic mass is 16.5. The lowest BCUT2D eigenvalue weighted by atomic mass is 9.70. The van der Waals surface area contributed by atoms with Crippen molar-refractivity contribution in [1.82, 2.24) is 5.16 Å². The SMILES string of the molecule is Cc1noc(C)c1CC(=O)OC1CC2CCC1(C)C2(C)C. The topological polar surface area (TPSA) is 52.3 Å². The van der Waals surface area contributed by atoms with Crippen molar-refractivity contribution in [2.75, 3.05) is 0 Å². The summed E-state index contributed by atoms with van der Waals surface area (Å²) in [5.41, 5.74) is 2.03. The molecule has 3 atom stereocenters. The number of carbonyl (C=O) groups is 1. The molecule has 0 N–H and O–H groups in total. The predicted molar refractivity (Wildman–Crippen MR) is 78.8 cm³/mol. The summed E-state index contributed by atoms with van der Waals surface area (Å²) in [6, 6.07) is 0. The van der Waals surface area contributed by atoms with E-state index in [1.807, 2.05) is 13.8 Å². The second kappa shape index (κ2) is 4.59. The Kier molecular flexibility index (Phi) is 3.19. The molecule has 0 aliphatic heterocycles. The Morgan fingerprint density at radius 3 is 2.57 bits per heavy atom. The van der Waals surface area contributed by atoms with Crippen LogP contribution in [0.25, 0.3) is 0 Å². The van der Waals surface area contributed by atoms with E-state index < -0.39 is 0 Å². The maximum Gasteiger partial charge on any atom is 0.310 e. The van der Waals surface area contributed by atoms with E-state index in [0.717, 1.165) is 24.1 Å². The van der Waals surface area contributed by atoms with Gasteiger partial charge in [0.05, 0.1) is 12.1 Å². The van der Waals surface area contributed by atoms with E-state index in [1.165, 1.54) is 6.42 Å². The minimum atomic E-state index is -0.154. The first-order valence-electron chi connectivity index (χ1n) is 7.87. The highest BCUT2D eigenvalue weighted by Crippen LogP contribution is 2.66. The molecule has 2 fully saturated rings. The third-order valence-electron chi connectivity index (χ3n) is 6.49. The van der Waals surface area contributed by atoms with Gasteiger partial charge >= 0.3 is 5.97 Å². The maximum absolute atomic E-state index is 12.3. The van der Waals surface area contributed by atoms with Crippen LogP contribution in [0.5, 0.6) is 0 Å². The minimum absolute atomic E-state index is 0.0548. The van der Waals surface area contributed by atoms with Crippen LogP contribution in [-0.4, -0.2) is 17.2 Å². The van der Waals surface area contributed by atoms with Crippen LogP contribution in [0, 0.1) is 30.6 Å². The molecule has 0 aromatic carbocycles. The normalized spacial score (nSPS) is 33.4. The van der Waals surface area contributed by atoms with Gasteiger partial charge in [-0.3, -0.25) is 4.79 Å². The van der Waals surface area contributed by atoms with Crippen LogP contribution in [0.3, 0.4) is 0 Å². The zero-order valence-electron chi connectivity index (χ0n) is 13.7. The number of aryl methyl sites for hydroxylation is 2. The molecule has 3 unspecified atom stereocenters. The first kappa shape index (κ1) is 14.6.